The first kappa shape index (κ1) is 9.34. The van der Waals surface area contributed by atoms with Crippen molar-refractivity contribution >= 4 is 29.4 Å². The van der Waals surface area contributed by atoms with Crippen molar-refractivity contribution in [2.75, 3.05) is 0 Å². The molecule has 72 valence electrons. The van der Waals surface area contributed by atoms with Crippen LogP contribution in [0.2, 0.25) is 0 Å². The van der Waals surface area contributed by atoms with Crippen molar-refractivity contribution < 1.29 is 4.79 Å². The Hall–Kier alpha value is -1.22. The van der Waals surface area contributed by atoms with Gasteiger partial charge in [-0.25, -0.2) is 9.98 Å². The number of fused-ring (bicyclic) bond motifs is 1. The Morgan fingerprint density at radius 3 is 2.86 bits per heavy atom. The molecule has 1 aliphatic rings. The van der Waals surface area contributed by atoms with Crippen LogP contribution < -0.4 is 0 Å². The molecule has 0 fully saturated rings. The van der Waals surface area contributed by atoms with Gasteiger partial charge in [0.05, 0.1) is 5.56 Å². The zero-order valence-electron chi connectivity index (χ0n) is 7.91. The molecule has 0 bridgehead atoms. The first-order valence-corrected chi connectivity index (χ1v) is 4.74. The van der Waals surface area contributed by atoms with Gasteiger partial charge >= 0.3 is 0 Å². The highest BCUT2D eigenvalue weighted by atomic mass is 35.5. The number of aliphatic imine (C=N–C) groups is 1. The lowest BCUT2D eigenvalue weighted by Crippen LogP contribution is -2.21. The van der Waals surface area contributed by atoms with Gasteiger partial charge < -0.3 is 0 Å². The maximum absolute atomic E-state index is 11.7. The van der Waals surface area contributed by atoms with Crippen LogP contribution in [0.5, 0.6) is 0 Å². The third-order valence-corrected chi connectivity index (χ3v) is 2.46. The van der Waals surface area contributed by atoms with E-state index in [1.54, 1.807) is 0 Å². The lowest BCUT2D eigenvalue weighted by Gasteiger charge is -2.14. The first-order valence-electron chi connectivity index (χ1n) is 4.30. The first-order chi connectivity index (χ1) is 6.59. The van der Waals surface area contributed by atoms with Crippen LogP contribution in [0, 0.1) is 13.8 Å². The number of hydrogen-bond donors (Lipinski definition) is 0. The quantitative estimate of drug-likeness (QED) is 0.614. The molecule has 3 nitrogen and oxygen atoms in total. The molecular weight excluding hydrogens is 200 g/mol. The van der Waals surface area contributed by atoms with Gasteiger partial charge in [0, 0.05) is 11.9 Å². The van der Waals surface area contributed by atoms with Crippen molar-refractivity contribution in [1.29, 1.82) is 0 Å². The van der Waals surface area contributed by atoms with Crippen LogP contribution in [0.4, 0.5) is 5.82 Å². The minimum atomic E-state index is -0.647. The van der Waals surface area contributed by atoms with Crippen LogP contribution in [0.1, 0.15) is 21.6 Å². The molecule has 0 amide bonds. The Kier molecular flexibility index (Phi) is 2.11. The van der Waals surface area contributed by atoms with Crippen molar-refractivity contribution in [3.05, 3.63) is 22.9 Å². The lowest BCUT2D eigenvalue weighted by atomic mass is 10.0. The molecule has 0 N–H and O–H groups in total. The van der Waals surface area contributed by atoms with Gasteiger partial charge in [0.15, 0.2) is 11.6 Å². The number of aromatic nitrogens is 1. The minimum Gasteiger partial charge on any atom is -0.292 e. The van der Waals surface area contributed by atoms with E-state index in [0.717, 1.165) is 11.3 Å². The molecule has 0 saturated carbocycles. The van der Waals surface area contributed by atoms with Crippen molar-refractivity contribution in [1.82, 2.24) is 4.98 Å². The van der Waals surface area contributed by atoms with Crippen LogP contribution in [0.25, 0.3) is 0 Å². The summed E-state index contributed by atoms with van der Waals surface area (Å²) in [7, 11) is 0. The number of nitrogens with zero attached hydrogens (tertiary/aromatic N) is 2. The molecule has 1 atom stereocenters. The molecule has 2 rings (SSSR count). The summed E-state index contributed by atoms with van der Waals surface area (Å²) in [5, 5.41) is -0.647. The summed E-state index contributed by atoms with van der Waals surface area (Å²) in [6.45, 7) is 3.75. The van der Waals surface area contributed by atoms with Gasteiger partial charge in [0.25, 0.3) is 0 Å². The summed E-state index contributed by atoms with van der Waals surface area (Å²) >= 11 is 5.78. The van der Waals surface area contributed by atoms with Gasteiger partial charge in [0.1, 0.15) is 5.38 Å². The summed E-state index contributed by atoms with van der Waals surface area (Å²) in [6, 6.07) is 1.86. The molecule has 1 aromatic rings. The second kappa shape index (κ2) is 3.17. The number of rotatable bonds is 0. The topological polar surface area (TPSA) is 42.3 Å². The average molecular weight is 209 g/mol. The van der Waals surface area contributed by atoms with E-state index in [1.165, 1.54) is 6.21 Å². The summed E-state index contributed by atoms with van der Waals surface area (Å²) in [6.07, 6.45) is 1.43. The van der Waals surface area contributed by atoms with E-state index in [0.29, 0.717) is 11.4 Å². The predicted molar refractivity (Wildman–Crippen MR) is 55.8 cm³/mol. The summed E-state index contributed by atoms with van der Waals surface area (Å²) in [5.74, 6) is 0.381. The molecule has 4 heteroatoms. The Morgan fingerprint density at radius 2 is 2.14 bits per heavy atom. The minimum absolute atomic E-state index is 0.110. The van der Waals surface area contributed by atoms with Gasteiger partial charge in [-0.05, 0) is 25.5 Å². The lowest BCUT2D eigenvalue weighted by molar-refractivity contribution is 0.100. The van der Waals surface area contributed by atoms with Crippen molar-refractivity contribution in [3.63, 3.8) is 0 Å². The molecule has 0 spiro atoms. The molecular formula is C10H9ClN2O. The molecule has 14 heavy (non-hydrogen) atoms. The monoisotopic (exact) mass is 208 g/mol. The number of Topliss-reactive ketones (excluding diaryl/α,β-unsaturated/α-hetero) is 1. The van der Waals surface area contributed by atoms with Crippen molar-refractivity contribution in [3.8, 4) is 0 Å². The highest BCUT2D eigenvalue weighted by molar-refractivity contribution is 6.43. The molecule has 1 aromatic heterocycles. The zero-order valence-corrected chi connectivity index (χ0v) is 8.67. The molecule has 0 aromatic carbocycles. The number of carbonyl (C=O) groups is 1. The van der Waals surface area contributed by atoms with Gasteiger partial charge in [-0.1, -0.05) is 0 Å². The molecule has 0 aliphatic carbocycles. The number of aryl methyl sites for hydroxylation is 2. The fourth-order valence-corrected chi connectivity index (χ4v) is 1.72. The van der Waals surface area contributed by atoms with Crippen molar-refractivity contribution in [2.45, 2.75) is 19.2 Å². The maximum atomic E-state index is 11.7. The van der Waals surface area contributed by atoms with Gasteiger partial charge in [-0.3, -0.25) is 4.79 Å². The molecule has 0 radical (unpaired) electrons. The fourth-order valence-electron chi connectivity index (χ4n) is 1.56. The van der Waals surface area contributed by atoms with E-state index in [2.05, 4.69) is 9.98 Å². The smallest absolute Gasteiger partial charge is 0.190 e. The van der Waals surface area contributed by atoms with E-state index in [1.807, 2.05) is 19.9 Å². The number of carbonyl (C=O) groups excluding carboxylic acids is 1. The van der Waals surface area contributed by atoms with E-state index in [-0.39, 0.29) is 5.78 Å². The fraction of sp³-hybridized carbons (Fsp3) is 0.300. The van der Waals surface area contributed by atoms with Crippen LogP contribution >= 0.6 is 11.6 Å². The van der Waals surface area contributed by atoms with E-state index in [9.17, 15) is 4.79 Å². The standard InChI is InChI=1S/C10H9ClN2O/c1-5-3-6(2)13-10-8(5)9(14)7(11)4-12-10/h3-4,7H,1-2H3. The summed E-state index contributed by atoms with van der Waals surface area (Å²) in [5.41, 5.74) is 2.30. The van der Waals surface area contributed by atoms with Gasteiger partial charge in [-0.2, -0.15) is 0 Å². The van der Waals surface area contributed by atoms with Crippen LogP contribution in [0.3, 0.4) is 0 Å². The van der Waals surface area contributed by atoms with Gasteiger partial charge in [0.2, 0.25) is 0 Å². The largest absolute Gasteiger partial charge is 0.292 e. The van der Waals surface area contributed by atoms with E-state index >= 15 is 0 Å². The highest BCUT2D eigenvalue weighted by Crippen LogP contribution is 2.26. The Balaban J connectivity index is 2.69. The third-order valence-electron chi connectivity index (χ3n) is 2.15. The van der Waals surface area contributed by atoms with E-state index < -0.39 is 5.38 Å². The number of halogens is 1. The maximum Gasteiger partial charge on any atom is 0.190 e. The van der Waals surface area contributed by atoms with Gasteiger partial charge in [-0.15, -0.1) is 11.6 Å². The Labute approximate surface area is 86.8 Å². The Bertz CT molecular complexity index is 440. The molecule has 1 unspecified atom stereocenters. The summed E-state index contributed by atoms with van der Waals surface area (Å²) in [4.78, 5) is 19.9. The third kappa shape index (κ3) is 1.34. The van der Waals surface area contributed by atoms with Crippen molar-refractivity contribution in [2.24, 2.45) is 4.99 Å². The second-order valence-corrected chi connectivity index (χ2v) is 3.79. The zero-order chi connectivity index (χ0) is 10.3. The number of hydrogen-bond acceptors (Lipinski definition) is 3. The molecule has 2 heterocycles. The average Bonchev–Trinajstić information content (AvgIpc) is 2.10. The second-order valence-electron chi connectivity index (χ2n) is 3.32. The number of pyridine rings is 1. The normalized spacial score (nSPS) is 19.6. The SMILES string of the molecule is Cc1cc(C)c2c(n1)N=CC(Cl)C2=O. The van der Waals surface area contributed by atoms with Crippen LogP contribution in [-0.4, -0.2) is 22.4 Å². The molecule has 1 aliphatic heterocycles. The van der Waals surface area contributed by atoms with Crippen LogP contribution in [-0.2, 0) is 0 Å². The molecule has 0 saturated heterocycles. The predicted octanol–water partition coefficient (Wildman–Crippen LogP) is 2.20. The number of alkyl halides is 1. The summed E-state index contributed by atoms with van der Waals surface area (Å²) < 4.78 is 0. The number of ketones is 1. The highest BCUT2D eigenvalue weighted by Gasteiger charge is 2.25. The Morgan fingerprint density at radius 1 is 1.43 bits per heavy atom. The van der Waals surface area contributed by atoms with E-state index in [4.69, 9.17) is 11.6 Å². The van der Waals surface area contributed by atoms with Crippen LogP contribution in [0.15, 0.2) is 11.1 Å².